The minimum absolute atomic E-state index is 0.0920. The Morgan fingerprint density at radius 3 is 2.30 bits per heavy atom. The van der Waals surface area contributed by atoms with Crippen LogP contribution < -0.4 is 0 Å². The van der Waals surface area contributed by atoms with Gasteiger partial charge in [0.05, 0.1) is 24.3 Å². The van der Waals surface area contributed by atoms with Crippen LogP contribution in [0.1, 0.15) is 60.5 Å². The van der Waals surface area contributed by atoms with Crippen LogP contribution in [-0.2, 0) is 9.47 Å². The van der Waals surface area contributed by atoms with Gasteiger partial charge in [0.25, 0.3) is 0 Å². The molecule has 2 atom stereocenters. The van der Waals surface area contributed by atoms with E-state index in [1.807, 2.05) is 12.1 Å². The largest absolute Gasteiger partial charge is 0.465 e. The van der Waals surface area contributed by atoms with E-state index in [9.17, 15) is 14.7 Å². The Bertz CT molecular complexity index is 680. The van der Waals surface area contributed by atoms with Gasteiger partial charge in [-0.05, 0) is 68.1 Å². The van der Waals surface area contributed by atoms with E-state index in [0.717, 1.165) is 31.4 Å². The minimum atomic E-state index is -0.909. The maximum absolute atomic E-state index is 12.1. The Balaban J connectivity index is 1.40. The van der Waals surface area contributed by atoms with Gasteiger partial charge in [-0.3, -0.25) is 0 Å². The van der Waals surface area contributed by atoms with Crippen molar-refractivity contribution in [2.24, 2.45) is 11.8 Å². The van der Waals surface area contributed by atoms with Crippen LogP contribution in [0.4, 0.5) is 4.79 Å². The average molecular weight is 373 g/mol. The Hall–Kier alpha value is -2.08. The second-order valence-electron chi connectivity index (χ2n) is 8.08. The number of esters is 1. The summed E-state index contributed by atoms with van der Waals surface area (Å²) < 4.78 is 11.3. The summed E-state index contributed by atoms with van der Waals surface area (Å²) in [6.45, 7) is 1.76. The predicted molar refractivity (Wildman–Crippen MR) is 98.6 cm³/mol. The number of likely N-dealkylation sites (tertiary alicyclic amines) is 1. The first-order valence-electron chi connectivity index (χ1n) is 9.98. The molecule has 1 heterocycles. The highest BCUT2D eigenvalue weighted by Gasteiger charge is 2.34. The fourth-order valence-corrected chi connectivity index (χ4v) is 3.59. The maximum atomic E-state index is 12.1. The summed E-state index contributed by atoms with van der Waals surface area (Å²) in [6.07, 6.45) is 5.35. The molecule has 4 rings (SSSR count). The molecule has 1 amide bonds. The molecule has 146 valence electrons. The summed E-state index contributed by atoms with van der Waals surface area (Å²) >= 11 is 0. The van der Waals surface area contributed by atoms with Crippen molar-refractivity contribution in [3.63, 3.8) is 0 Å². The van der Waals surface area contributed by atoms with E-state index in [1.165, 1.54) is 17.7 Å². The van der Waals surface area contributed by atoms with Crippen molar-refractivity contribution >= 4 is 12.1 Å². The van der Waals surface area contributed by atoms with Gasteiger partial charge in [-0.2, -0.15) is 0 Å². The number of rotatable bonds is 7. The van der Waals surface area contributed by atoms with Gasteiger partial charge in [0.2, 0.25) is 0 Å². The molecule has 1 aliphatic heterocycles. The van der Waals surface area contributed by atoms with Gasteiger partial charge < -0.3 is 19.5 Å². The lowest BCUT2D eigenvalue weighted by Gasteiger charge is -2.38. The standard InChI is InChI=1S/C21H27NO5/c23-20(27-13-15-3-4-15)17-7-5-16(6-8-17)19-11-18(26-12-14-1-2-14)9-10-22(19)21(24)25/h5-8,14-15,18-19H,1-4,9-13H2,(H,24,25)/t18?,19-/m0/s1. The molecule has 2 aliphatic carbocycles. The number of amides is 1. The molecule has 0 aromatic heterocycles. The van der Waals surface area contributed by atoms with Crippen molar-refractivity contribution in [2.45, 2.75) is 50.7 Å². The topological polar surface area (TPSA) is 76.1 Å². The van der Waals surface area contributed by atoms with E-state index in [2.05, 4.69) is 0 Å². The summed E-state index contributed by atoms with van der Waals surface area (Å²) in [4.78, 5) is 25.2. The number of carbonyl (C=O) groups is 2. The third-order valence-electron chi connectivity index (χ3n) is 5.74. The van der Waals surface area contributed by atoms with Crippen molar-refractivity contribution in [3.05, 3.63) is 35.4 Å². The second-order valence-corrected chi connectivity index (χ2v) is 8.08. The van der Waals surface area contributed by atoms with Crippen molar-refractivity contribution in [1.29, 1.82) is 0 Å². The fraction of sp³-hybridized carbons (Fsp3) is 0.619. The molecule has 2 saturated carbocycles. The Morgan fingerprint density at radius 1 is 1.00 bits per heavy atom. The Kier molecular flexibility index (Phi) is 5.34. The van der Waals surface area contributed by atoms with E-state index >= 15 is 0 Å². The molecule has 1 N–H and O–H groups in total. The number of hydrogen-bond acceptors (Lipinski definition) is 4. The number of ether oxygens (including phenoxy) is 2. The molecule has 1 aromatic rings. The van der Waals surface area contributed by atoms with Gasteiger partial charge in [0.1, 0.15) is 0 Å². The highest BCUT2D eigenvalue weighted by molar-refractivity contribution is 5.89. The summed E-state index contributed by atoms with van der Waals surface area (Å²) in [6, 6.07) is 6.92. The zero-order valence-electron chi connectivity index (χ0n) is 15.5. The molecule has 3 fully saturated rings. The molecule has 0 radical (unpaired) electrons. The van der Waals surface area contributed by atoms with Crippen LogP contribution in [0.5, 0.6) is 0 Å². The molecule has 0 bridgehead atoms. The van der Waals surface area contributed by atoms with E-state index in [4.69, 9.17) is 9.47 Å². The van der Waals surface area contributed by atoms with Crippen molar-refractivity contribution in [1.82, 2.24) is 4.90 Å². The van der Waals surface area contributed by atoms with E-state index in [1.54, 1.807) is 12.1 Å². The lowest BCUT2D eigenvalue weighted by Crippen LogP contribution is -2.42. The zero-order valence-corrected chi connectivity index (χ0v) is 15.5. The van der Waals surface area contributed by atoms with Crippen LogP contribution in [0.2, 0.25) is 0 Å². The highest BCUT2D eigenvalue weighted by atomic mass is 16.5. The SMILES string of the molecule is O=C(OCC1CC1)c1ccc([C@@H]2CC(OCC3CC3)CCN2C(=O)O)cc1. The van der Waals surface area contributed by atoms with Gasteiger partial charge in [0, 0.05) is 13.2 Å². The number of carbonyl (C=O) groups excluding carboxylic acids is 1. The number of benzene rings is 1. The van der Waals surface area contributed by atoms with Gasteiger partial charge in [-0.25, -0.2) is 9.59 Å². The summed E-state index contributed by atoms with van der Waals surface area (Å²) in [5.74, 6) is 0.923. The normalized spacial score (nSPS) is 25.3. The third-order valence-corrected chi connectivity index (χ3v) is 5.74. The van der Waals surface area contributed by atoms with Gasteiger partial charge >= 0.3 is 12.1 Å². The molecule has 3 aliphatic rings. The van der Waals surface area contributed by atoms with E-state index in [-0.39, 0.29) is 18.1 Å². The lowest BCUT2D eigenvalue weighted by molar-refractivity contribution is -0.0154. The van der Waals surface area contributed by atoms with Crippen molar-refractivity contribution in [3.8, 4) is 0 Å². The van der Waals surface area contributed by atoms with Crippen LogP contribution in [0.3, 0.4) is 0 Å². The number of nitrogens with zero attached hydrogens (tertiary/aromatic N) is 1. The fourth-order valence-electron chi connectivity index (χ4n) is 3.59. The second kappa shape index (κ2) is 7.89. The van der Waals surface area contributed by atoms with E-state index < -0.39 is 6.09 Å². The first kappa shape index (κ1) is 18.3. The van der Waals surface area contributed by atoms with E-state index in [0.29, 0.717) is 37.0 Å². The lowest BCUT2D eigenvalue weighted by atomic mass is 9.93. The first-order chi connectivity index (χ1) is 13.1. The number of piperidine rings is 1. The molecule has 6 heteroatoms. The van der Waals surface area contributed by atoms with Gasteiger partial charge in [-0.1, -0.05) is 12.1 Å². The molecule has 27 heavy (non-hydrogen) atoms. The minimum Gasteiger partial charge on any atom is -0.465 e. The molecular formula is C21H27NO5. The molecular weight excluding hydrogens is 346 g/mol. The monoisotopic (exact) mass is 373 g/mol. The summed E-state index contributed by atoms with van der Waals surface area (Å²) in [5, 5.41) is 9.57. The van der Waals surface area contributed by atoms with Gasteiger partial charge in [0.15, 0.2) is 0 Å². The Labute approximate surface area is 159 Å². The summed E-state index contributed by atoms with van der Waals surface area (Å²) in [7, 11) is 0. The highest BCUT2D eigenvalue weighted by Crippen LogP contribution is 2.35. The quantitative estimate of drug-likeness (QED) is 0.735. The van der Waals surface area contributed by atoms with Crippen LogP contribution in [0.25, 0.3) is 0 Å². The third kappa shape index (κ3) is 4.80. The maximum Gasteiger partial charge on any atom is 0.407 e. The van der Waals surface area contributed by atoms with Gasteiger partial charge in [-0.15, -0.1) is 0 Å². The molecule has 6 nitrogen and oxygen atoms in total. The first-order valence-corrected chi connectivity index (χ1v) is 9.98. The molecule has 1 saturated heterocycles. The number of carboxylic acid groups (broad SMARTS) is 1. The van der Waals surface area contributed by atoms with Crippen LogP contribution in [0, 0.1) is 11.8 Å². The van der Waals surface area contributed by atoms with Crippen molar-refractivity contribution in [2.75, 3.05) is 19.8 Å². The van der Waals surface area contributed by atoms with Crippen LogP contribution >= 0.6 is 0 Å². The smallest absolute Gasteiger partial charge is 0.407 e. The molecule has 0 spiro atoms. The van der Waals surface area contributed by atoms with Crippen molar-refractivity contribution < 1.29 is 24.2 Å². The summed E-state index contributed by atoms with van der Waals surface area (Å²) in [5.41, 5.74) is 1.41. The Morgan fingerprint density at radius 2 is 1.67 bits per heavy atom. The molecule has 1 unspecified atom stereocenters. The molecule has 1 aromatic carbocycles. The van der Waals surface area contributed by atoms with Crippen LogP contribution in [0.15, 0.2) is 24.3 Å². The van der Waals surface area contributed by atoms with Crippen LogP contribution in [-0.4, -0.2) is 47.9 Å². The predicted octanol–water partition coefficient (Wildman–Crippen LogP) is 3.86. The zero-order chi connectivity index (χ0) is 18.8. The average Bonchev–Trinajstić information content (AvgIpc) is 3.59. The number of hydrogen-bond donors (Lipinski definition) is 1.